The van der Waals surface area contributed by atoms with Gasteiger partial charge < -0.3 is 5.11 Å². The molecule has 1 aliphatic carbocycles. The van der Waals surface area contributed by atoms with Gasteiger partial charge in [0.1, 0.15) is 18.4 Å². The molecule has 1 heterocycles. The summed E-state index contributed by atoms with van der Waals surface area (Å²) in [7, 11) is 0. The van der Waals surface area contributed by atoms with Crippen molar-refractivity contribution in [1.82, 2.24) is 5.32 Å². The zero-order valence-corrected chi connectivity index (χ0v) is 6.21. The average Bonchev–Trinajstić information content (AvgIpc) is 2.53. The van der Waals surface area contributed by atoms with Crippen LogP contribution in [0, 0.1) is 5.92 Å². The highest BCUT2D eigenvalue weighted by Gasteiger charge is 2.56. The summed E-state index contributed by atoms with van der Waals surface area (Å²) < 4.78 is 25.8. The smallest absolute Gasteiger partial charge is 0.321 e. The van der Waals surface area contributed by atoms with Gasteiger partial charge in [-0.1, -0.05) is 0 Å². The molecule has 3 nitrogen and oxygen atoms in total. The van der Waals surface area contributed by atoms with Crippen LogP contribution in [-0.4, -0.2) is 35.5 Å². The standard InChI is InChI=1S/C7H9F2NO2/c8-4-2-1-3(5(4)9)10-6(2)7(11)12/h2-6,10H,1H2,(H,11,12). The summed E-state index contributed by atoms with van der Waals surface area (Å²) in [5.41, 5.74) is 0. The van der Waals surface area contributed by atoms with Crippen molar-refractivity contribution >= 4 is 5.97 Å². The van der Waals surface area contributed by atoms with Gasteiger partial charge in [0.25, 0.3) is 0 Å². The summed E-state index contributed by atoms with van der Waals surface area (Å²) in [5.74, 6) is -1.76. The molecule has 0 amide bonds. The lowest BCUT2D eigenvalue weighted by atomic mass is 9.98. The summed E-state index contributed by atoms with van der Waals surface area (Å²) in [6, 6.07) is -1.48. The molecule has 1 aliphatic heterocycles. The lowest BCUT2D eigenvalue weighted by molar-refractivity contribution is -0.141. The predicted octanol–water partition coefficient (Wildman–Crippen LogP) is 0.108. The molecule has 12 heavy (non-hydrogen) atoms. The van der Waals surface area contributed by atoms with Crippen molar-refractivity contribution in [3.63, 3.8) is 0 Å². The molecule has 5 atom stereocenters. The number of alkyl halides is 2. The Morgan fingerprint density at radius 1 is 1.42 bits per heavy atom. The molecule has 1 saturated carbocycles. The van der Waals surface area contributed by atoms with E-state index >= 15 is 0 Å². The Kier molecular flexibility index (Phi) is 1.57. The molecule has 0 aromatic heterocycles. The van der Waals surface area contributed by atoms with Crippen LogP contribution in [0.5, 0.6) is 0 Å². The first-order valence-corrected chi connectivity index (χ1v) is 3.88. The number of halogens is 2. The maximum Gasteiger partial charge on any atom is 0.321 e. The zero-order valence-electron chi connectivity index (χ0n) is 6.21. The molecule has 2 rings (SSSR count). The van der Waals surface area contributed by atoms with E-state index in [0.717, 1.165) is 0 Å². The lowest BCUT2D eigenvalue weighted by Crippen LogP contribution is -2.51. The quantitative estimate of drug-likeness (QED) is 0.597. The minimum Gasteiger partial charge on any atom is -0.480 e. The number of carboxylic acids is 1. The van der Waals surface area contributed by atoms with Crippen molar-refractivity contribution < 1.29 is 18.7 Å². The van der Waals surface area contributed by atoms with E-state index in [-0.39, 0.29) is 0 Å². The SMILES string of the molecule is O=C(O)C1NC2CC1C(F)C2F. The molecule has 5 heteroatoms. The summed E-state index contributed by atoms with van der Waals surface area (Å²) in [5, 5.41) is 11.1. The monoisotopic (exact) mass is 177 g/mol. The highest BCUT2D eigenvalue weighted by atomic mass is 19.2. The third kappa shape index (κ3) is 0.857. The molecule has 2 fully saturated rings. The lowest BCUT2D eigenvalue weighted by Gasteiger charge is -2.25. The number of hydrogen-bond donors (Lipinski definition) is 2. The fourth-order valence-corrected chi connectivity index (χ4v) is 2.10. The Balaban J connectivity index is 2.15. The van der Waals surface area contributed by atoms with Crippen LogP contribution in [0.4, 0.5) is 8.78 Å². The maximum atomic E-state index is 12.9. The Bertz CT molecular complexity index is 221. The number of hydrogen-bond acceptors (Lipinski definition) is 2. The number of rotatable bonds is 1. The molecule has 0 aromatic carbocycles. The van der Waals surface area contributed by atoms with Crippen molar-refractivity contribution in [3.05, 3.63) is 0 Å². The topological polar surface area (TPSA) is 49.3 Å². The van der Waals surface area contributed by atoms with Crippen LogP contribution >= 0.6 is 0 Å². The van der Waals surface area contributed by atoms with Crippen LogP contribution in [0.2, 0.25) is 0 Å². The summed E-state index contributed by atoms with van der Waals surface area (Å²) in [4.78, 5) is 10.5. The molecule has 2 aliphatic rings. The van der Waals surface area contributed by atoms with Gasteiger partial charge in [-0.25, -0.2) is 8.78 Å². The molecular formula is C7H9F2NO2. The van der Waals surface area contributed by atoms with Crippen molar-refractivity contribution in [1.29, 1.82) is 0 Å². The Labute approximate surface area is 67.8 Å². The second-order valence-electron chi connectivity index (χ2n) is 3.38. The molecule has 68 valence electrons. The molecule has 0 spiro atoms. The second kappa shape index (κ2) is 2.39. The van der Waals surface area contributed by atoms with Gasteiger partial charge in [-0.05, 0) is 6.42 Å². The fraction of sp³-hybridized carbons (Fsp3) is 0.857. The third-order valence-corrected chi connectivity index (χ3v) is 2.71. The minimum absolute atomic E-state index is 0.305. The Morgan fingerprint density at radius 2 is 2.08 bits per heavy atom. The predicted molar refractivity (Wildman–Crippen MR) is 36.2 cm³/mol. The van der Waals surface area contributed by atoms with Crippen LogP contribution in [0.25, 0.3) is 0 Å². The van der Waals surface area contributed by atoms with Crippen LogP contribution in [0.1, 0.15) is 6.42 Å². The van der Waals surface area contributed by atoms with Crippen molar-refractivity contribution in [2.45, 2.75) is 30.8 Å². The van der Waals surface area contributed by atoms with E-state index in [0.29, 0.717) is 6.42 Å². The molecule has 0 aromatic rings. The van der Waals surface area contributed by atoms with Crippen molar-refractivity contribution in [3.8, 4) is 0 Å². The van der Waals surface area contributed by atoms with E-state index in [4.69, 9.17) is 5.11 Å². The first kappa shape index (κ1) is 7.91. The van der Waals surface area contributed by atoms with Crippen LogP contribution in [0.15, 0.2) is 0 Å². The third-order valence-electron chi connectivity index (χ3n) is 2.71. The summed E-state index contributed by atoms with van der Waals surface area (Å²) in [6.45, 7) is 0. The van der Waals surface area contributed by atoms with Gasteiger partial charge in [-0.2, -0.15) is 0 Å². The maximum absolute atomic E-state index is 12.9. The molecule has 1 saturated heterocycles. The van der Waals surface area contributed by atoms with E-state index in [2.05, 4.69) is 5.32 Å². The van der Waals surface area contributed by atoms with Crippen LogP contribution in [-0.2, 0) is 4.79 Å². The number of nitrogens with one attached hydrogen (secondary N) is 1. The van der Waals surface area contributed by atoms with E-state index in [1.165, 1.54) is 0 Å². The Morgan fingerprint density at radius 3 is 2.50 bits per heavy atom. The van der Waals surface area contributed by atoms with E-state index in [1.54, 1.807) is 0 Å². The number of carboxylic acid groups (broad SMARTS) is 1. The molecule has 2 bridgehead atoms. The van der Waals surface area contributed by atoms with E-state index in [1.807, 2.05) is 0 Å². The van der Waals surface area contributed by atoms with E-state index in [9.17, 15) is 13.6 Å². The number of carbonyl (C=O) groups is 1. The summed E-state index contributed by atoms with van der Waals surface area (Å²) in [6.07, 6.45) is -2.82. The van der Waals surface area contributed by atoms with E-state index < -0.39 is 36.3 Å². The van der Waals surface area contributed by atoms with Gasteiger partial charge in [0, 0.05) is 12.0 Å². The summed E-state index contributed by atoms with van der Waals surface area (Å²) >= 11 is 0. The van der Waals surface area contributed by atoms with Gasteiger partial charge in [0.15, 0.2) is 0 Å². The molecule has 5 unspecified atom stereocenters. The second-order valence-corrected chi connectivity index (χ2v) is 3.38. The first-order valence-electron chi connectivity index (χ1n) is 3.88. The number of piperidine rings is 1. The molecule has 0 radical (unpaired) electrons. The van der Waals surface area contributed by atoms with Crippen molar-refractivity contribution in [2.24, 2.45) is 5.92 Å². The first-order chi connectivity index (χ1) is 5.61. The van der Waals surface area contributed by atoms with Gasteiger partial charge in [0.05, 0.1) is 0 Å². The van der Waals surface area contributed by atoms with Gasteiger partial charge in [-0.15, -0.1) is 0 Å². The minimum atomic E-state index is -1.60. The largest absolute Gasteiger partial charge is 0.480 e. The fourth-order valence-electron chi connectivity index (χ4n) is 2.10. The molecular weight excluding hydrogens is 168 g/mol. The van der Waals surface area contributed by atoms with Crippen LogP contribution < -0.4 is 5.32 Å². The highest BCUT2D eigenvalue weighted by Crippen LogP contribution is 2.39. The Hall–Kier alpha value is -0.710. The zero-order chi connectivity index (χ0) is 8.88. The number of fused-ring (bicyclic) bond motifs is 2. The van der Waals surface area contributed by atoms with Gasteiger partial charge in [0.2, 0.25) is 0 Å². The highest BCUT2D eigenvalue weighted by molar-refractivity contribution is 5.75. The van der Waals surface area contributed by atoms with Gasteiger partial charge in [-0.3, -0.25) is 10.1 Å². The molecule has 2 N–H and O–H groups in total. The normalized spacial score (nSPS) is 51.3. The number of aliphatic carboxylic acids is 1. The van der Waals surface area contributed by atoms with Crippen molar-refractivity contribution in [2.75, 3.05) is 0 Å². The van der Waals surface area contributed by atoms with Gasteiger partial charge >= 0.3 is 5.97 Å². The van der Waals surface area contributed by atoms with Crippen LogP contribution in [0.3, 0.4) is 0 Å². The average molecular weight is 177 g/mol.